The first kappa shape index (κ1) is 12.4. The Labute approximate surface area is 111 Å². The molecule has 90 valence electrons. The van der Waals surface area contributed by atoms with Crippen LogP contribution < -0.4 is 5.73 Å². The van der Waals surface area contributed by atoms with Gasteiger partial charge >= 0.3 is 0 Å². The summed E-state index contributed by atoms with van der Waals surface area (Å²) in [5.74, 6) is 0.889. The van der Waals surface area contributed by atoms with Crippen molar-refractivity contribution in [2.45, 2.75) is 18.4 Å². The molecule has 1 fully saturated rings. The molecule has 0 bridgehead atoms. The van der Waals surface area contributed by atoms with E-state index in [9.17, 15) is 5.11 Å². The predicted octanol–water partition coefficient (Wildman–Crippen LogP) is 3.36. The number of rotatable bonds is 2. The Bertz CT molecular complexity index is 526. The lowest BCUT2D eigenvalue weighted by atomic mass is 10.1. The van der Waals surface area contributed by atoms with Crippen LogP contribution in [-0.4, -0.2) is 11.1 Å². The molecule has 17 heavy (non-hydrogen) atoms. The van der Waals surface area contributed by atoms with Crippen molar-refractivity contribution in [3.05, 3.63) is 41.3 Å². The molecule has 1 aromatic heterocycles. The summed E-state index contributed by atoms with van der Waals surface area (Å²) >= 11 is 1.73. The lowest BCUT2D eigenvalue weighted by molar-refractivity contribution is 0.477. The highest BCUT2D eigenvalue weighted by Gasteiger charge is 2.35. The minimum atomic E-state index is 0. The number of phenols is 1. The predicted molar refractivity (Wildman–Crippen MR) is 74.0 cm³/mol. The molecule has 1 saturated carbocycles. The third-order valence-electron chi connectivity index (χ3n) is 3.00. The molecule has 2 aromatic rings. The van der Waals surface area contributed by atoms with E-state index in [2.05, 4.69) is 12.1 Å². The highest BCUT2D eigenvalue weighted by Crippen LogP contribution is 2.45. The Kier molecular flexibility index (Phi) is 3.43. The van der Waals surface area contributed by atoms with Crippen LogP contribution in [0.15, 0.2) is 36.4 Å². The van der Waals surface area contributed by atoms with Gasteiger partial charge in [-0.25, -0.2) is 0 Å². The number of halogens is 1. The fraction of sp³-hybridized carbons (Fsp3) is 0.231. The van der Waals surface area contributed by atoms with Crippen molar-refractivity contribution in [1.82, 2.24) is 0 Å². The van der Waals surface area contributed by atoms with Crippen LogP contribution in [0.1, 0.15) is 17.2 Å². The van der Waals surface area contributed by atoms with E-state index >= 15 is 0 Å². The lowest BCUT2D eigenvalue weighted by Gasteiger charge is -2.00. The molecule has 0 spiro atoms. The summed E-state index contributed by atoms with van der Waals surface area (Å²) in [7, 11) is 0. The van der Waals surface area contributed by atoms with Gasteiger partial charge in [0.15, 0.2) is 0 Å². The zero-order valence-corrected chi connectivity index (χ0v) is 10.8. The molecule has 1 aliphatic rings. The summed E-state index contributed by atoms with van der Waals surface area (Å²) in [5, 5.41) is 9.76. The number of aromatic hydroxyl groups is 1. The maximum atomic E-state index is 9.76. The molecule has 0 radical (unpaired) electrons. The first-order valence-electron chi connectivity index (χ1n) is 5.39. The third kappa shape index (κ3) is 2.32. The normalized spacial score (nSPS) is 21.9. The molecule has 2 nitrogen and oxygen atoms in total. The summed E-state index contributed by atoms with van der Waals surface area (Å²) in [5.41, 5.74) is 6.74. The molecule has 1 heterocycles. The van der Waals surface area contributed by atoms with Crippen LogP contribution in [0.5, 0.6) is 5.75 Å². The van der Waals surface area contributed by atoms with Crippen molar-refractivity contribution in [1.29, 1.82) is 0 Å². The molecule has 0 amide bonds. The maximum absolute atomic E-state index is 9.76. The topological polar surface area (TPSA) is 46.2 Å². The number of hydrogen-bond acceptors (Lipinski definition) is 3. The Morgan fingerprint density at radius 2 is 1.88 bits per heavy atom. The lowest BCUT2D eigenvalue weighted by Crippen LogP contribution is -1.99. The van der Waals surface area contributed by atoms with Gasteiger partial charge in [-0.1, -0.05) is 12.1 Å². The third-order valence-corrected chi connectivity index (χ3v) is 4.25. The van der Waals surface area contributed by atoms with Crippen LogP contribution >= 0.6 is 23.7 Å². The van der Waals surface area contributed by atoms with Gasteiger partial charge < -0.3 is 10.8 Å². The van der Waals surface area contributed by atoms with Crippen LogP contribution in [0, 0.1) is 0 Å². The summed E-state index contributed by atoms with van der Waals surface area (Å²) in [6.07, 6.45) is 1.10. The molecule has 2 atom stereocenters. The summed E-state index contributed by atoms with van der Waals surface area (Å²) in [6.45, 7) is 0. The van der Waals surface area contributed by atoms with Gasteiger partial charge in [0, 0.05) is 27.3 Å². The average molecular weight is 268 g/mol. The smallest absolute Gasteiger partial charge is 0.124 e. The van der Waals surface area contributed by atoms with Crippen LogP contribution in [-0.2, 0) is 0 Å². The van der Waals surface area contributed by atoms with E-state index in [1.165, 1.54) is 4.88 Å². The van der Waals surface area contributed by atoms with Crippen molar-refractivity contribution < 1.29 is 5.11 Å². The van der Waals surface area contributed by atoms with E-state index in [1.807, 2.05) is 18.2 Å². The Morgan fingerprint density at radius 3 is 2.53 bits per heavy atom. The molecular weight excluding hydrogens is 254 g/mol. The van der Waals surface area contributed by atoms with E-state index in [0.717, 1.165) is 16.9 Å². The van der Waals surface area contributed by atoms with Crippen molar-refractivity contribution in [3.8, 4) is 16.2 Å². The molecule has 0 aliphatic heterocycles. The first-order chi connectivity index (χ1) is 7.75. The SMILES string of the molecule is Cl.NC1CC1c1ccc(-c2ccccc2O)s1. The van der Waals surface area contributed by atoms with Crippen LogP contribution in [0.3, 0.4) is 0 Å². The number of hydrogen-bond donors (Lipinski definition) is 2. The fourth-order valence-electron chi connectivity index (χ4n) is 1.92. The van der Waals surface area contributed by atoms with Gasteiger partial charge in [-0.05, 0) is 30.7 Å². The minimum absolute atomic E-state index is 0. The zero-order valence-electron chi connectivity index (χ0n) is 9.17. The van der Waals surface area contributed by atoms with Crippen molar-refractivity contribution in [2.75, 3.05) is 0 Å². The molecule has 0 saturated heterocycles. The fourth-order valence-corrected chi connectivity index (χ4v) is 3.15. The molecule has 1 aliphatic carbocycles. The van der Waals surface area contributed by atoms with Gasteiger partial charge in [0.1, 0.15) is 5.75 Å². The molecule has 1 aromatic carbocycles. The van der Waals surface area contributed by atoms with Gasteiger partial charge in [-0.2, -0.15) is 0 Å². The molecule has 3 N–H and O–H groups in total. The van der Waals surface area contributed by atoms with Gasteiger partial charge in [0.25, 0.3) is 0 Å². The highest BCUT2D eigenvalue weighted by molar-refractivity contribution is 7.15. The average Bonchev–Trinajstić information content (AvgIpc) is 2.82. The Morgan fingerprint density at radius 1 is 1.18 bits per heavy atom. The molecule has 3 rings (SSSR count). The molecule has 2 unspecified atom stereocenters. The summed E-state index contributed by atoms with van der Waals surface area (Å²) < 4.78 is 0. The van der Waals surface area contributed by atoms with E-state index in [1.54, 1.807) is 17.4 Å². The monoisotopic (exact) mass is 267 g/mol. The van der Waals surface area contributed by atoms with E-state index in [0.29, 0.717) is 17.7 Å². The maximum Gasteiger partial charge on any atom is 0.124 e. The number of benzene rings is 1. The van der Waals surface area contributed by atoms with Crippen LogP contribution in [0.2, 0.25) is 0 Å². The van der Waals surface area contributed by atoms with E-state index in [4.69, 9.17) is 5.73 Å². The van der Waals surface area contributed by atoms with Crippen LogP contribution in [0.4, 0.5) is 0 Å². The second-order valence-electron chi connectivity index (χ2n) is 4.23. The number of nitrogens with two attached hydrogens (primary N) is 1. The zero-order chi connectivity index (χ0) is 11.1. The highest BCUT2D eigenvalue weighted by atomic mass is 35.5. The van der Waals surface area contributed by atoms with Gasteiger partial charge in [0.05, 0.1) is 0 Å². The second kappa shape index (κ2) is 4.69. The quantitative estimate of drug-likeness (QED) is 0.876. The number of phenolic OH excluding ortho intramolecular Hbond substituents is 1. The van der Waals surface area contributed by atoms with Crippen LogP contribution in [0.25, 0.3) is 10.4 Å². The number of thiophene rings is 1. The van der Waals surface area contributed by atoms with Crippen molar-refractivity contribution in [3.63, 3.8) is 0 Å². The van der Waals surface area contributed by atoms with E-state index < -0.39 is 0 Å². The molecular formula is C13H14ClNOS. The summed E-state index contributed by atoms with van der Waals surface area (Å²) in [4.78, 5) is 2.46. The van der Waals surface area contributed by atoms with Crippen molar-refractivity contribution in [2.24, 2.45) is 5.73 Å². The molecule has 4 heteroatoms. The number of para-hydroxylation sites is 1. The van der Waals surface area contributed by atoms with Gasteiger partial charge in [0.2, 0.25) is 0 Å². The minimum Gasteiger partial charge on any atom is -0.507 e. The first-order valence-corrected chi connectivity index (χ1v) is 6.21. The van der Waals surface area contributed by atoms with Gasteiger partial charge in [-0.15, -0.1) is 23.7 Å². The van der Waals surface area contributed by atoms with Crippen molar-refractivity contribution >= 4 is 23.7 Å². The van der Waals surface area contributed by atoms with E-state index in [-0.39, 0.29) is 12.4 Å². The summed E-state index contributed by atoms with van der Waals surface area (Å²) in [6, 6.07) is 12.0. The second-order valence-corrected chi connectivity index (χ2v) is 5.34. The largest absolute Gasteiger partial charge is 0.507 e. The van der Waals surface area contributed by atoms with Gasteiger partial charge in [-0.3, -0.25) is 0 Å². The Balaban J connectivity index is 0.00000108. The Hall–Kier alpha value is -1.03. The standard InChI is InChI=1S/C13H13NOS.ClH/c14-10-7-9(10)13-6-5-12(16-13)8-3-1-2-4-11(8)15;/h1-6,9-10,15H,7,14H2;1H.